The number of carbonyl (C=O) groups excluding carboxylic acids is 1. The van der Waals surface area contributed by atoms with Gasteiger partial charge in [-0.3, -0.25) is 4.79 Å². The topological polar surface area (TPSA) is 55.6 Å². The van der Waals surface area contributed by atoms with Crippen LogP contribution in [0.15, 0.2) is 73.1 Å². The molecule has 0 fully saturated rings. The Balaban J connectivity index is 1.48. The van der Waals surface area contributed by atoms with Crippen molar-refractivity contribution < 1.29 is 9.53 Å². The minimum Gasteiger partial charge on any atom is -0.494 e. The molecule has 30 heavy (non-hydrogen) atoms. The van der Waals surface area contributed by atoms with Gasteiger partial charge in [0.25, 0.3) is 5.91 Å². The first-order chi connectivity index (χ1) is 14.6. The predicted octanol–water partition coefficient (Wildman–Crippen LogP) is 5.74. The number of anilines is 1. The lowest BCUT2D eigenvalue weighted by Crippen LogP contribution is -2.11. The molecule has 152 valence electrons. The Bertz CT molecular complexity index is 1160. The summed E-state index contributed by atoms with van der Waals surface area (Å²) in [7, 11) is 0. The number of hydrogen-bond acceptors (Lipinski definition) is 3. The van der Waals surface area contributed by atoms with E-state index in [0.717, 1.165) is 46.7 Å². The highest BCUT2D eigenvalue weighted by molar-refractivity contribution is 6.04. The van der Waals surface area contributed by atoms with Gasteiger partial charge in [-0.05, 0) is 61.4 Å². The van der Waals surface area contributed by atoms with Crippen LogP contribution in [0.3, 0.4) is 0 Å². The number of amides is 1. The van der Waals surface area contributed by atoms with Gasteiger partial charge in [0.1, 0.15) is 11.4 Å². The molecule has 2 heterocycles. The Labute approximate surface area is 176 Å². The zero-order chi connectivity index (χ0) is 20.9. The van der Waals surface area contributed by atoms with E-state index in [1.54, 1.807) is 12.1 Å². The molecule has 1 amide bonds. The minimum absolute atomic E-state index is 0.155. The second-order valence-corrected chi connectivity index (χ2v) is 7.31. The van der Waals surface area contributed by atoms with Gasteiger partial charge in [0.05, 0.1) is 12.3 Å². The summed E-state index contributed by atoms with van der Waals surface area (Å²) in [6.07, 6.45) is 6.10. The summed E-state index contributed by atoms with van der Waals surface area (Å²) in [4.78, 5) is 17.4. The van der Waals surface area contributed by atoms with E-state index in [2.05, 4.69) is 12.2 Å². The van der Waals surface area contributed by atoms with Crippen molar-refractivity contribution >= 4 is 17.2 Å². The highest BCUT2D eigenvalue weighted by Crippen LogP contribution is 2.24. The summed E-state index contributed by atoms with van der Waals surface area (Å²) in [5, 5.41) is 2.97. The third kappa shape index (κ3) is 4.35. The monoisotopic (exact) mass is 399 g/mol. The molecule has 0 aliphatic rings. The highest BCUT2D eigenvalue weighted by atomic mass is 16.5. The third-order valence-corrected chi connectivity index (χ3v) is 4.98. The molecule has 1 N–H and O–H groups in total. The van der Waals surface area contributed by atoms with Crippen molar-refractivity contribution in [3.63, 3.8) is 0 Å². The number of fused-ring (bicyclic) bond motifs is 1. The number of carbonyl (C=O) groups is 1. The van der Waals surface area contributed by atoms with Gasteiger partial charge in [-0.2, -0.15) is 0 Å². The first-order valence-electron chi connectivity index (χ1n) is 10.2. The molecule has 4 rings (SSSR count). The molecule has 0 spiro atoms. The summed E-state index contributed by atoms with van der Waals surface area (Å²) in [5.41, 5.74) is 5.20. The lowest BCUT2D eigenvalue weighted by molar-refractivity contribution is 0.102. The molecule has 5 heteroatoms. The molecule has 0 radical (unpaired) electrons. The van der Waals surface area contributed by atoms with Crippen molar-refractivity contribution in [1.82, 2.24) is 9.38 Å². The van der Waals surface area contributed by atoms with E-state index in [-0.39, 0.29) is 5.91 Å². The van der Waals surface area contributed by atoms with Crippen LogP contribution in [-0.2, 0) is 0 Å². The van der Waals surface area contributed by atoms with Crippen molar-refractivity contribution in [1.29, 1.82) is 0 Å². The third-order valence-electron chi connectivity index (χ3n) is 4.98. The molecule has 0 saturated carbocycles. The fourth-order valence-electron chi connectivity index (χ4n) is 3.29. The average molecular weight is 399 g/mol. The van der Waals surface area contributed by atoms with Crippen LogP contribution in [0.2, 0.25) is 0 Å². The van der Waals surface area contributed by atoms with Crippen molar-refractivity contribution in [3.05, 3.63) is 84.2 Å². The van der Waals surface area contributed by atoms with Crippen LogP contribution < -0.4 is 10.1 Å². The van der Waals surface area contributed by atoms with Crippen LogP contribution >= 0.6 is 0 Å². The number of hydrogen-bond donors (Lipinski definition) is 1. The van der Waals surface area contributed by atoms with Gasteiger partial charge >= 0.3 is 0 Å². The van der Waals surface area contributed by atoms with Crippen molar-refractivity contribution in [3.8, 4) is 17.0 Å². The Kier molecular flexibility index (Phi) is 5.80. The van der Waals surface area contributed by atoms with E-state index < -0.39 is 0 Å². The number of aryl methyl sites for hydroxylation is 1. The first kappa shape index (κ1) is 19.7. The predicted molar refractivity (Wildman–Crippen MR) is 120 cm³/mol. The molecule has 0 bridgehead atoms. The van der Waals surface area contributed by atoms with Crippen LogP contribution in [0.5, 0.6) is 5.75 Å². The van der Waals surface area contributed by atoms with E-state index >= 15 is 0 Å². The van der Waals surface area contributed by atoms with Crippen molar-refractivity contribution in [2.45, 2.75) is 26.7 Å². The second kappa shape index (κ2) is 8.82. The molecule has 0 saturated heterocycles. The number of unbranched alkanes of at least 4 members (excludes halogenated alkanes) is 1. The quantitative estimate of drug-likeness (QED) is 0.403. The van der Waals surface area contributed by atoms with E-state index in [0.29, 0.717) is 12.2 Å². The smallest absolute Gasteiger partial charge is 0.255 e. The summed E-state index contributed by atoms with van der Waals surface area (Å²) < 4.78 is 7.67. The van der Waals surface area contributed by atoms with Crippen LogP contribution in [0, 0.1) is 6.92 Å². The lowest BCUT2D eigenvalue weighted by atomic mass is 10.1. The summed E-state index contributed by atoms with van der Waals surface area (Å²) in [6.45, 7) is 4.86. The van der Waals surface area contributed by atoms with Crippen LogP contribution in [-0.4, -0.2) is 21.9 Å². The molecule has 2 aromatic carbocycles. The van der Waals surface area contributed by atoms with Gasteiger partial charge in [-0.25, -0.2) is 4.98 Å². The van der Waals surface area contributed by atoms with Crippen molar-refractivity contribution in [2.24, 2.45) is 0 Å². The number of rotatable bonds is 7. The maximum Gasteiger partial charge on any atom is 0.255 e. The number of benzene rings is 2. The molecule has 4 aromatic rings. The number of pyridine rings is 1. The average Bonchev–Trinajstić information content (AvgIpc) is 3.21. The molecule has 5 nitrogen and oxygen atoms in total. The maximum atomic E-state index is 12.6. The fraction of sp³-hybridized carbons (Fsp3) is 0.200. The lowest BCUT2D eigenvalue weighted by Gasteiger charge is -2.08. The van der Waals surface area contributed by atoms with E-state index in [1.165, 1.54) is 0 Å². The van der Waals surface area contributed by atoms with Crippen LogP contribution in [0.25, 0.3) is 16.9 Å². The standard InChI is InChI=1S/C25H25N3O2/c1-3-4-15-30-22-12-10-19(11-13-22)25(29)26-21-9-5-8-20(16-21)23-17-28-14-6-7-18(2)24(28)27-23/h5-14,16-17H,3-4,15H2,1-2H3,(H,26,29). The Hall–Kier alpha value is -3.60. The molecular weight excluding hydrogens is 374 g/mol. The van der Waals surface area contributed by atoms with E-state index in [1.807, 2.05) is 72.2 Å². The second-order valence-electron chi connectivity index (χ2n) is 7.31. The number of nitrogens with zero attached hydrogens (tertiary/aromatic N) is 2. The van der Waals surface area contributed by atoms with Gasteiger partial charge in [0.15, 0.2) is 0 Å². The molecule has 0 aliphatic carbocycles. The molecular formula is C25H25N3O2. The number of ether oxygens (including phenoxy) is 1. The van der Waals surface area contributed by atoms with Crippen molar-refractivity contribution in [2.75, 3.05) is 11.9 Å². The zero-order valence-electron chi connectivity index (χ0n) is 17.3. The Morgan fingerprint density at radius 1 is 1.10 bits per heavy atom. The van der Waals surface area contributed by atoms with E-state index in [4.69, 9.17) is 9.72 Å². The highest BCUT2D eigenvalue weighted by Gasteiger charge is 2.10. The van der Waals surface area contributed by atoms with Gasteiger partial charge in [-0.15, -0.1) is 0 Å². The molecule has 0 aliphatic heterocycles. The summed E-state index contributed by atoms with van der Waals surface area (Å²) >= 11 is 0. The summed E-state index contributed by atoms with van der Waals surface area (Å²) in [5.74, 6) is 0.627. The number of imidazole rings is 1. The first-order valence-corrected chi connectivity index (χ1v) is 10.2. The molecule has 0 atom stereocenters. The van der Waals surface area contributed by atoms with Crippen LogP contribution in [0.4, 0.5) is 5.69 Å². The van der Waals surface area contributed by atoms with Gasteiger partial charge < -0.3 is 14.5 Å². The van der Waals surface area contributed by atoms with Gasteiger partial charge in [0, 0.05) is 29.2 Å². The van der Waals surface area contributed by atoms with Crippen LogP contribution in [0.1, 0.15) is 35.7 Å². The number of aromatic nitrogens is 2. The van der Waals surface area contributed by atoms with Gasteiger partial charge in [0.2, 0.25) is 0 Å². The zero-order valence-corrected chi connectivity index (χ0v) is 17.3. The normalized spacial score (nSPS) is 10.9. The van der Waals surface area contributed by atoms with E-state index in [9.17, 15) is 4.79 Å². The maximum absolute atomic E-state index is 12.6. The SMILES string of the molecule is CCCCOc1ccc(C(=O)Nc2cccc(-c3cn4cccc(C)c4n3)c2)cc1. The number of nitrogens with one attached hydrogen (secondary N) is 1. The van der Waals surface area contributed by atoms with Gasteiger partial charge in [-0.1, -0.05) is 31.5 Å². The Morgan fingerprint density at radius 3 is 2.70 bits per heavy atom. The Morgan fingerprint density at radius 2 is 1.93 bits per heavy atom. The minimum atomic E-state index is -0.155. The molecule has 0 unspecified atom stereocenters. The fourth-order valence-corrected chi connectivity index (χ4v) is 3.29. The molecule has 2 aromatic heterocycles. The summed E-state index contributed by atoms with van der Waals surface area (Å²) in [6, 6.07) is 19.0. The largest absolute Gasteiger partial charge is 0.494 e.